The molecule has 0 aromatic heterocycles. The first-order chi connectivity index (χ1) is 6.49. The highest BCUT2D eigenvalue weighted by Crippen LogP contribution is 2.30. The summed E-state index contributed by atoms with van der Waals surface area (Å²) in [5, 5.41) is 9.98. The second kappa shape index (κ2) is 4.79. The molecule has 1 nitrogen and oxygen atoms in total. The molecule has 1 heteroatoms. The number of allylic oxidation sites excluding steroid dienone is 3. The summed E-state index contributed by atoms with van der Waals surface area (Å²) >= 11 is 0. The third kappa shape index (κ3) is 3.30. The molecule has 80 valence electrons. The standard InChI is InChI=1S/C13H22O/c1-9(2)5-13(14)12-7-10(3)6-11(4)8-12/h5-6,10,12-14H,7-8H2,1-4H3. The van der Waals surface area contributed by atoms with Crippen LogP contribution in [-0.2, 0) is 0 Å². The number of aliphatic hydroxyl groups is 1. The van der Waals surface area contributed by atoms with E-state index in [1.807, 2.05) is 19.9 Å². The van der Waals surface area contributed by atoms with Gasteiger partial charge in [-0.15, -0.1) is 0 Å². The van der Waals surface area contributed by atoms with E-state index < -0.39 is 0 Å². The van der Waals surface area contributed by atoms with Crippen molar-refractivity contribution in [1.29, 1.82) is 0 Å². The van der Waals surface area contributed by atoms with Crippen LogP contribution in [0.25, 0.3) is 0 Å². The predicted molar refractivity (Wildman–Crippen MR) is 61.1 cm³/mol. The normalized spacial score (nSPS) is 29.4. The second-order valence-electron chi connectivity index (χ2n) is 4.92. The molecule has 0 radical (unpaired) electrons. The van der Waals surface area contributed by atoms with Crippen molar-refractivity contribution in [3.8, 4) is 0 Å². The zero-order chi connectivity index (χ0) is 10.7. The van der Waals surface area contributed by atoms with Crippen molar-refractivity contribution in [3.63, 3.8) is 0 Å². The summed E-state index contributed by atoms with van der Waals surface area (Å²) in [5.74, 6) is 1.04. The molecular weight excluding hydrogens is 172 g/mol. The van der Waals surface area contributed by atoms with E-state index in [1.54, 1.807) is 0 Å². The summed E-state index contributed by atoms with van der Waals surface area (Å²) in [6, 6.07) is 0. The first-order valence-corrected chi connectivity index (χ1v) is 5.49. The van der Waals surface area contributed by atoms with Crippen LogP contribution < -0.4 is 0 Å². The lowest BCUT2D eigenvalue weighted by Gasteiger charge is -2.28. The maximum atomic E-state index is 9.98. The van der Waals surface area contributed by atoms with E-state index in [0.717, 1.165) is 12.8 Å². The summed E-state index contributed by atoms with van der Waals surface area (Å²) in [4.78, 5) is 0. The molecule has 1 aliphatic carbocycles. The molecule has 0 aromatic rings. The van der Waals surface area contributed by atoms with Crippen LogP contribution in [0.5, 0.6) is 0 Å². The SMILES string of the molecule is CC(C)=CC(O)C1CC(C)=CC(C)C1. The lowest BCUT2D eigenvalue weighted by atomic mass is 9.80. The van der Waals surface area contributed by atoms with Gasteiger partial charge in [0, 0.05) is 0 Å². The first-order valence-electron chi connectivity index (χ1n) is 5.49. The van der Waals surface area contributed by atoms with E-state index in [9.17, 15) is 5.11 Å². The summed E-state index contributed by atoms with van der Waals surface area (Å²) in [5.41, 5.74) is 2.63. The van der Waals surface area contributed by atoms with Gasteiger partial charge in [0.25, 0.3) is 0 Å². The van der Waals surface area contributed by atoms with Gasteiger partial charge in [-0.2, -0.15) is 0 Å². The fourth-order valence-electron chi connectivity index (χ4n) is 2.33. The van der Waals surface area contributed by atoms with Crippen LogP contribution in [-0.4, -0.2) is 11.2 Å². The van der Waals surface area contributed by atoms with Crippen LogP contribution >= 0.6 is 0 Å². The van der Waals surface area contributed by atoms with E-state index in [2.05, 4.69) is 19.9 Å². The van der Waals surface area contributed by atoms with Crippen LogP contribution in [0, 0.1) is 11.8 Å². The Bertz CT molecular complexity index is 246. The lowest BCUT2D eigenvalue weighted by Crippen LogP contribution is -2.23. The summed E-state index contributed by atoms with van der Waals surface area (Å²) < 4.78 is 0. The third-order valence-corrected chi connectivity index (χ3v) is 2.81. The molecule has 0 saturated carbocycles. The molecule has 1 N–H and O–H groups in total. The number of hydrogen-bond donors (Lipinski definition) is 1. The largest absolute Gasteiger partial charge is 0.389 e. The van der Waals surface area contributed by atoms with Gasteiger partial charge in [0.15, 0.2) is 0 Å². The highest BCUT2D eigenvalue weighted by Gasteiger charge is 2.23. The molecule has 3 unspecified atom stereocenters. The van der Waals surface area contributed by atoms with Gasteiger partial charge >= 0.3 is 0 Å². The van der Waals surface area contributed by atoms with E-state index >= 15 is 0 Å². The minimum Gasteiger partial charge on any atom is -0.389 e. The van der Waals surface area contributed by atoms with Crippen molar-refractivity contribution in [2.45, 2.75) is 46.6 Å². The Morgan fingerprint density at radius 1 is 1.57 bits per heavy atom. The van der Waals surface area contributed by atoms with Gasteiger partial charge in [-0.05, 0) is 45.4 Å². The molecule has 0 aromatic carbocycles. The molecule has 0 heterocycles. The maximum Gasteiger partial charge on any atom is 0.0754 e. The van der Waals surface area contributed by atoms with Gasteiger partial charge in [-0.3, -0.25) is 0 Å². The molecule has 1 rings (SSSR count). The second-order valence-corrected chi connectivity index (χ2v) is 4.92. The van der Waals surface area contributed by atoms with Crippen molar-refractivity contribution in [2.75, 3.05) is 0 Å². The van der Waals surface area contributed by atoms with Crippen LogP contribution in [0.15, 0.2) is 23.3 Å². The van der Waals surface area contributed by atoms with Crippen LogP contribution in [0.1, 0.15) is 40.5 Å². The Labute approximate surface area is 87.5 Å². The molecule has 0 spiro atoms. The Morgan fingerprint density at radius 3 is 2.71 bits per heavy atom. The molecular formula is C13H22O. The fourth-order valence-corrected chi connectivity index (χ4v) is 2.33. The maximum absolute atomic E-state index is 9.98. The van der Waals surface area contributed by atoms with Gasteiger partial charge < -0.3 is 5.11 Å². The quantitative estimate of drug-likeness (QED) is 0.669. The predicted octanol–water partition coefficient (Wildman–Crippen LogP) is 3.31. The summed E-state index contributed by atoms with van der Waals surface area (Å²) in [6.45, 7) is 8.47. The Morgan fingerprint density at radius 2 is 2.21 bits per heavy atom. The Kier molecular flexibility index (Phi) is 3.94. The zero-order valence-corrected chi connectivity index (χ0v) is 9.75. The van der Waals surface area contributed by atoms with Gasteiger partial charge in [-0.1, -0.05) is 30.2 Å². The van der Waals surface area contributed by atoms with Crippen molar-refractivity contribution >= 4 is 0 Å². The van der Waals surface area contributed by atoms with Gasteiger partial charge in [0.05, 0.1) is 6.10 Å². The highest BCUT2D eigenvalue weighted by atomic mass is 16.3. The monoisotopic (exact) mass is 194 g/mol. The van der Waals surface area contributed by atoms with Crippen molar-refractivity contribution in [2.24, 2.45) is 11.8 Å². The average Bonchev–Trinajstić information content (AvgIpc) is 2.00. The molecule has 3 atom stereocenters. The Balaban J connectivity index is 2.63. The van der Waals surface area contributed by atoms with Crippen LogP contribution in [0.4, 0.5) is 0 Å². The third-order valence-electron chi connectivity index (χ3n) is 2.81. The van der Waals surface area contributed by atoms with Crippen LogP contribution in [0.2, 0.25) is 0 Å². The minimum absolute atomic E-state index is 0.258. The van der Waals surface area contributed by atoms with Crippen molar-refractivity contribution < 1.29 is 5.11 Å². The molecule has 0 fully saturated rings. The molecule has 1 aliphatic rings. The van der Waals surface area contributed by atoms with E-state index in [-0.39, 0.29) is 6.10 Å². The van der Waals surface area contributed by atoms with Gasteiger partial charge in [0.2, 0.25) is 0 Å². The summed E-state index contributed by atoms with van der Waals surface area (Å²) in [6.07, 6.45) is 6.21. The average molecular weight is 194 g/mol. The number of hydrogen-bond acceptors (Lipinski definition) is 1. The number of rotatable bonds is 2. The van der Waals surface area contributed by atoms with Crippen LogP contribution in [0.3, 0.4) is 0 Å². The Hall–Kier alpha value is -0.560. The van der Waals surface area contributed by atoms with Crippen molar-refractivity contribution in [1.82, 2.24) is 0 Å². The topological polar surface area (TPSA) is 20.2 Å². The fraction of sp³-hybridized carbons (Fsp3) is 0.692. The molecule has 0 bridgehead atoms. The number of aliphatic hydroxyl groups excluding tert-OH is 1. The summed E-state index contributed by atoms with van der Waals surface area (Å²) in [7, 11) is 0. The first kappa shape index (κ1) is 11.5. The molecule has 14 heavy (non-hydrogen) atoms. The van der Waals surface area contributed by atoms with Gasteiger partial charge in [-0.25, -0.2) is 0 Å². The molecule has 0 aliphatic heterocycles. The smallest absolute Gasteiger partial charge is 0.0754 e. The molecule has 0 amide bonds. The zero-order valence-electron chi connectivity index (χ0n) is 9.75. The van der Waals surface area contributed by atoms with E-state index in [1.165, 1.54) is 11.1 Å². The van der Waals surface area contributed by atoms with Crippen molar-refractivity contribution in [3.05, 3.63) is 23.3 Å². The highest BCUT2D eigenvalue weighted by molar-refractivity contribution is 5.10. The van der Waals surface area contributed by atoms with E-state index in [0.29, 0.717) is 11.8 Å². The minimum atomic E-state index is -0.258. The molecule has 0 saturated heterocycles. The van der Waals surface area contributed by atoms with E-state index in [4.69, 9.17) is 0 Å². The lowest BCUT2D eigenvalue weighted by molar-refractivity contribution is 0.134. The van der Waals surface area contributed by atoms with Gasteiger partial charge in [0.1, 0.15) is 0 Å².